The van der Waals surface area contributed by atoms with E-state index >= 15 is 0 Å². The third kappa shape index (κ3) is 6.43. The van der Waals surface area contributed by atoms with E-state index in [0.717, 1.165) is 58.2 Å². The molecule has 3 heteroatoms. The Morgan fingerprint density at radius 2 is 1.39 bits per heavy atom. The Morgan fingerprint density at radius 3 is 2.23 bits per heavy atom. The molecule has 66 heavy (non-hydrogen) atoms. The number of rotatable bonds is 8. The maximum absolute atomic E-state index is 6.22. The van der Waals surface area contributed by atoms with Crippen LogP contribution in [0, 0.1) is 11.8 Å². The summed E-state index contributed by atoms with van der Waals surface area (Å²) in [5, 5.41) is 4.92. The van der Waals surface area contributed by atoms with Crippen LogP contribution in [0.2, 0.25) is 0 Å². The fourth-order valence-electron chi connectivity index (χ4n) is 12.0. The van der Waals surface area contributed by atoms with Crippen LogP contribution in [0.15, 0.2) is 198 Å². The van der Waals surface area contributed by atoms with Crippen LogP contribution in [0.3, 0.4) is 0 Å². The first-order valence-electron chi connectivity index (χ1n) is 24.1. The average Bonchev–Trinajstić information content (AvgIpc) is 3.84. The fraction of sp³-hybridized carbons (Fsp3) is 0.190. The van der Waals surface area contributed by atoms with Gasteiger partial charge in [-0.2, -0.15) is 0 Å². The number of nitrogens with zero attached hydrogens (tertiary/aromatic N) is 2. The van der Waals surface area contributed by atoms with Gasteiger partial charge in [0, 0.05) is 44.5 Å². The lowest BCUT2D eigenvalue weighted by Crippen LogP contribution is -2.14. The molecule has 3 aliphatic rings. The summed E-state index contributed by atoms with van der Waals surface area (Å²) >= 11 is 0. The number of hydrogen-bond acceptors (Lipinski definition) is 2. The number of aliphatic imine (C=N–C) groups is 1. The molecule has 2 aliphatic carbocycles. The molecule has 5 unspecified atom stereocenters. The van der Waals surface area contributed by atoms with Gasteiger partial charge in [0.15, 0.2) is 0 Å². The van der Waals surface area contributed by atoms with Gasteiger partial charge in [-0.3, -0.25) is 4.99 Å². The predicted molar refractivity (Wildman–Crippen MR) is 279 cm³/mol. The number of para-hydroxylation sites is 3. The second kappa shape index (κ2) is 16.3. The molecule has 0 saturated heterocycles. The second-order valence-corrected chi connectivity index (χ2v) is 18.7. The topological polar surface area (TPSA) is 30.4 Å². The zero-order chi connectivity index (χ0) is 44.5. The van der Waals surface area contributed by atoms with Gasteiger partial charge < -0.3 is 8.98 Å². The van der Waals surface area contributed by atoms with Crippen LogP contribution in [0.5, 0.6) is 0 Å². The van der Waals surface area contributed by atoms with E-state index in [1.807, 2.05) is 6.07 Å². The lowest BCUT2D eigenvalue weighted by molar-refractivity contribution is 0.457. The third-order valence-corrected chi connectivity index (χ3v) is 15.2. The Balaban J connectivity index is 1.09. The quantitative estimate of drug-likeness (QED) is 0.140. The minimum Gasteiger partial charge on any atom is -0.456 e. The first-order valence-corrected chi connectivity index (χ1v) is 24.1. The van der Waals surface area contributed by atoms with Gasteiger partial charge in [0.05, 0.1) is 28.1 Å². The lowest BCUT2D eigenvalue weighted by atomic mass is 9.78. The molecule has 3 nitrogen and oxygen atoms in total. The molecule has 322 valence electrons. The van der Waals surface area contributed by atoms with Gasteiger partial charge in [-0.05, 0) is 107 Å². The van der Waals surface area contributed by atoms with Gasteiger partial charge in [0.2, 0.25) is 0 Å². The molecular weight excluding hydrogens is 801 g/mol. The smallest absolute Gasteiger partial charge is 0.135 e. The molecule has 0 bridgehead atoms. The summed E-state index contributed by atoms with van der Waals surface area (Å²) < 4.78 is 8.88. The highest BCUT2D eigenvalue weighted by Crippen LogP contribution is 2.54. The molecule has 0 spiro atoms. The maximum Gasteiger partial charge on any atom is 0.135 e. The number of allylic oxidation sites excluding steroid dienone is 7. The van der Waals surface area contributed by atoms with Crippen LogP contribution in [0.25, 0.3) is 66.3 Å². The van der Waals surface area contributed by atoms with Crippen LogP contribution < -0.4 is 0 Å². The molecule has 0 radical (unpaired) electrons. The number of hydrogen-bond donors (Lipinski definition) is 0. The SMILES string of the molecule is CCC1=C(N=C(c2ccccc2)C(/C=C(\C)c2ccc3oc4ccccc4c3c2)CC)c2ccccc2-n2c3c1cccc3c1ccc3c(c12)C(C)C(c1ccccc1)CC1C=CC=CC31. The number of furan rings is 1. The van der Waals surface area contributed by atoms with E-state index in [-0.39, 0.29) is 11.8 Å². The van der Waals surface area contributed by atoms with Gasteiger partial charge in [-0.15, -0.1) is 0 Å². The van der Waals surface area contributed by atoms with Crippen molar-refractivity contribution in [2.75, 3.05) is 0 Å². The minimum atomic E-state index is 0.0536. The standard InChI is InChI=1S/C63H54N2O/c1-5-41(36-39(3)44-32-35-58-55(37-44)48-26-16-18-31-57(48)66-58)60(43-22-11-8-12-23-43)64-61-46(6-2)50-28-19-29-51-52-34-33-49-47-25-14-13-24-45(47)38-54(42-20-9-7-10-21-42)40(4)59(49)63(52)65(62(50)51)56-30-17-15-27-53(56)61/h7-37,40-41,45,47,54H,5-6,38H2,1-4H3/b39-36+,64-60?. The van der Waals surface area contributed by atoms with Crippen LogP contribution in [0.1, 0.15) is 104 Å². The molecule has 9 aromatic rings. The first kappa shape index (κ1) is 40.3. The third-order valence-electron chi connectivity index (χ3n) is 15.2. The van der Waals surface area contributed by atoms with Crippen LogP contribution in [-0.4, -0.2) is 10.3 Å². The molecule has 1 aliphatic heterocycles. The van der Waals surface area contributed by atoms with Gasteiger partial charge >= 0.3 is 0 Å². The van der Waals surface area contributed by atoms with E-state index in [1.54, 1.807) is 0 Å². The zero-order valence-corrected chi connectivity index (χ0v) is 38.2. The minimum absolute atomic E-state index is 0.0536. The molecular formula is C63H54N2O. The largest absolute Gasteiger partial charge is 0.456 e. The average molecular weight is 855 g/mol. The van der Waals surface area contributed by atoms with Crippen molar-refractivity contribution < 1.29 is 4.42 Å². The fourth-order valence-corrected chi connectivity index (χ4v) is 12.0. The summed E-state index contributed by atoms with van der Waals surface area (Å²) in [7, 11) is 0. The van der Waals surface area contributed by atoms with Crippen LogP contribution in [0.4, 0.5) is 0 Å². The molecule has 5 atom stereocenters. The number of aromatic nitrogens is 1. The van der Waals surface area contributed by atoms with Crippen molar-refractivity contribution in [3.8, 4) is 5.69 Å². The highest BCUT2D eigenvalue weighted by molar-refractivity contribution is 6.18. The summed E-state index contributed by atoms with van der Waals surface area (Å²) in [5.74, 6) is 1.46. The van der Waals surface area contributed by atoms with E-state index in [4.69, 9.17) is 9.41 Å². The molecule has 0 saturated carbocycles. The van der Waals surface area contributed by atoms with Gasteiger partial charge in [-0.25, -0.2) is 0 Å². The van der Waals surface area contributed by atoms with Crippen molar-refractivity contribution in [2.45, 2.75) is 64.7 Å². The Hall–Kier alpha value is -7.23. The van der Waals surface area contributed by atoms with Crippen LogP contribution >= 0.6 is 0 Å². The predicted octanol–water partition coefficient (Wildman–Crippen LogP) is 17.0. The molecule has 12 rings (SSSR count). The van der Waals surface area contributed by atoms with E-state index in [1.165, 1.54) is 72.0 Å². The van der Waals surface area contributed by atoms with Crippen molar-refractivity contribution in [1.82, 2.24) is 4.57 Å². The molecule has 0 amide bonds. The molecule has 3 heterocycles. The Morgan fingerprint density at radius 1 is 0.682 bits per heavy atom. The zero-order valence-electron chi connectivity index (χ0n) is 38.2. The summed E-state index contributed by atoms with van der Waals surface area (Å²) in [6, 6.07) is 58.1. The van der Waals surface area contributed by atoms with Crippen molar-refractivity contribution >= 4 is 66.3 Å². The van der Waals surface area contributed by atoms with Crippen molar-refractivity contribution in [3.05, 3.63) is 227 Å². The van der Waals surface area contributed by atoms with E-state index in [9.17, 15) is 0 Å². The summed E-state index contributed by atoms with van der Waals surface area (Å²) in [5.41, 5.74) is 19.4. The van der Waals surface area contributed by atoms with Gasteiger partial charge in [-0.1, -0.05) is 185 Å². The lowest BCUT2D eigenvalue weighted by Gasteiger charge is -2.26. The number of benzene rings is 7. The van der Waals surface area contributed by atoms with E-state index in [2.05, 4.69) is 214 Å². The first-order chi connectivity index (χ1) is 32.5. The maximum atomic E-state index is 6.22. The monoisotopic (exact) mass is 854 g/mol. The molecule has 0 fully saturated rings. The molecule has 0 N–H and O–H groups in total. The summed E-state index contributed by atoms with van der Waals surface area (Å²) in [4.78, 5) is 6.02. The van der Waals surface area contributed by atoms with Crippen molar-refractivity contribution in [3.63, 3.8) is 0 Å². The Bertz CT molecular complexity index is 3520. The van der Waals surface area contributed by atoms with Crippen molar-refractivity contribution in [2.24, 2.45) is 16.8 Å². The molecule has 7 aromatic carbocycles. The molecule has 2 aromatic heterocycles. The Kier molecular flexibility index (Phi) is 9.97. The summed E-state index contributed by atoms with van der Waals surface area (Å²) in [6.45, 7) is 9.36. The second-order valence-electron chi connectivity index (χ2n) is 18.7. The van der Waals surface area contributed by atoms with E-state index in [0.29, 0.717) is 17.8 Å². The highest BCUT2D eigenvalue weighted by atomic mass is 16.3. The van der Waals surface area contributed by atoms with Crippen molar-refractivity contribution in [1.29, 1.82) is 0 Å². The summed E-state index contributed by atoms with van der Waals surface area (Å²) in [6.07, 6.45) is 14.8. The number of fused-ring (bicyclic) bond motifs is 12. The Labute approximate surface area is 387 Å². The highest BCUT2D eigenvalue weighted by Gasteiger charge is 2.38. The van der Waals surface area contributed by atoms with Gasteiger partial charge in [0.1, 0.15) is 11.2 Å². The van der Waals surface area contributed by atoms with Gasteiger partial charge in [0.25, 0.3) is 0 Å². The normalized spacial score (nSPS) is 19.8. The van der Waals surface area contributed by atoms with Crippen LogP contribution in [-0.2, 0) is 0 Å². The van der Waals surface area contributed by atoms with E-state index < -0.39 is 0 Å².